The molecule has 26 heavy (non-hydrogen) atoms. The minimum Gasteiger partial charge on any atom is -0.491 e. The van der Waals surface area contributed by atoms with E-state index in [1.165, 1.54) is 0 Å². The number of hydrogen-bond donors (Lipinski definition) is 0. The van der Waals surface area contributed by atoms with Gasteiger partial charge in [-0.25, -0.2) is 4.39 Å². The Morgan fingerprint density at radius 1 is 0.923 bits per heavy atom. The Bertz CT molecular complexity index is 759. The first-order chi connectivity index (χ1) is 12.7. The van der Waals surface area contributed by atoms with Gasteiger partial charge in [-0.3, -0.25) is 4.79 Å². The second kappa shape index (κ2) is 8.92. The zero-order valence-electron chi connectivity index (χ0n) is 14.9. The number of halogens is 1. The molecule has 0 saturated heterocycles. The lowest BCUT2D eigenvalue weighted by molar-refractivity contribution is -0.117. The minimum atomic E-state index is -0.480. The number of alkyl halides is 1. The Balaban J connectivity index is 1.59. The fourth-order valence-electron chi connectivity index (χ4n) is 3.31. The Morgan fingerprint density at radius 3 is 2.38 bits per heavy atom. The molecule has 4 nitrogen and oxygen atoms in total. The molecular weight excluding hydrogens is 335 g/mol. The number of rotatable bonds is 10. The van der Waals surface area contributed by atoms with E-state index in [1.54, 1.807) is 6.92 Å². The number of ketones is 1. The van der Waals surface area contributed by atoms with Crippen LogP contribution in [-0.4, -0.2) is 45.5 Å². The van der Waals surface area contributed by atoms with Crippen LogP contribution >= 0.6 is 0 Å². The summed E-state index contributed by atoms with van der Waals surface area (Å²) in [6, 6.07) is 13.9. The number of ether oxygens (including phenoxy) is 3. The first-order valence-corrected chi connectivity index (χ1v) is 8.80. The molecule has 0 spiro atoms. The fourth-order valence-corrected chi connectivity index (χ4v) is 3.31. The van der Waals surface area contributed by atoms with Crippen molar-refractivity contribution in [2.45, 2.75) is 12.8 Å². The molecule has 0 aromatic heterocycles. The summed E-state index contributed by atoms with van der Waals surface area (Å²) in [5.74, 6) is 0.624. The maximum Gasteiger partial charge on any atom is 0.141 e. The second-order valence-corrected chi connectivity index (χ2v) is 6.14. The summed E-state index contributed by atoms with van der Waals surface area (Å²) >= 11 is 0. The number of fused-ring (bicyclic) bond motifs is 3. The maximum atomic E-state index is 12.2. The monoisotopic (exact) mass is 358 g/mol. The Morgan fingerprint density at radius 2 is 1.62 bits per heavy atom. The van der Waals surface area contributed by atoms with Crippen molar-refractivity contribution in [3.63, 3.8) is 0 Å². The number of carbonyl (C=O) groups excluding carboxylic acids is 1. The molecule has 0 bridgehead atoms. The lowest BCUT2D eigenvalue weighted by Gasteiger charge is -2.12. The molecule has 3 rings (SSSR count). The van der Waals surface area contributed by atoms with Crippen LogP contribution in [0, 0.1) is 0 Å². The van der Waals surface area contributed by atoms with Gasteiger partial charge >= 0.3 is 0 Å². The van der Waals surface area contributed by atoms with E-state index in [9.17, 15) is 9.18 Å². The van der Waals surface area contributed by atoms with Crippen LogP contribution in [-0.2, 0) is 14.3 Å². The van der Waals surface area contributed by atoms with E-state index in [0.717, 1.165) is 28.0 Å². The Labute approximate surface area is 152 Å². The Kier molecular flexibility index (Phi) is 6.36. The SMILES string of the molecule is CC(=O)C1c2ccccc2-c2ccc(OCCOCCOCCF)cc21. The summed E-state index contributed by atoms with van der Waals surface area (Å²) < 4.78 is 28.0. The third kappa shape index (κ3) is 4.11. The van der Waals surface area contributed by atoms with Gasteiger partial charge in [0.2, 0.25) is 0 Å². The zero-order chi connectivity index (χ0) is 18.4. The van der Waals surface area contributed by atoms with Crippen LogP contribution in [0.2, 0.25) is 0 Å². The predicted molar refractivity (Wildman–Crippen MR) is 97.5 cm³/mol. The van der Waals surface area contributed by atoms with Gasteiger partial charge in [0.05, 0.1) is 32.3 Å². The van der Waals surface area contributed by atoms with Crippen molar-refractivity contribution >= 4 is 5.78 Å². The zero-order valence-corrected chi connectivity index (χ0v) is 14.9. The van der Waals surface area contributed by atoms with E-state index in [0.29, 0.717) is 26.4 Å². The normalized spacial score (nSPS) is 14.8. The summed E-state index contributed by atoms with van der Waals surface area (Å²) in [5.41, 5.74) is 4.26. The third-order valence-corrected chi connectivity index (χ3v) is 4.39. The second-order valence-electron chi connectivity index (χ2n) is 6.14. The highest BCUT2D eigenvalue weighted by Gasteiger charge is 2.31. The Hall–Kier alpha value is -2.24. The highest BCUT2D eigenvalue weighted by Crippen LogP contribution is 2.46. The average Bonchev–Trinajstić information content (AvgIpc) is 2.97. The van der Waals surface area contributed by atoms with E-state index in [1.807, 2.05) is 36.4 Å². The molecule has 0 saturated carbocycles. The average molecular weight is 358 g/mol. The first-order valence-electron chi connectivity index (χ1n) is 8.80. The fraction of sp³-hybridized carbons (Fsp3) is 0.381. The minimum absolute atomic E-state index is 0.106. The molecule has 0 heterocycles. The third-order valence-electron chi connectivity index (χ3n) is 4.39. The van der Waals surface area contributed by atoms with E-state index >= 15 is 0 Å². The molecule has 0 fully saturated rings. The first kappa shape index (κ1) is 18.5. The summed E-state index contributed by atoms with van der Waals surface area (Å²) in [6.07, 6.45) is 0. The lowest BCUT2D eigenvalue weighted by Crippen LogP contribution is -2.12. The van der Waals surface area contributed by atoms with Crippen LogP contribution in [0.3, 0.4) is 0 Å². The molecular formula is C21H23FO4. The van der Waals surface area contributed by atoms with Crippen molar-refractivity contribution in [2.75, 3.05) is 39.7 Å². The van der Waals surface area contributed by atoms with Gasteiger partial charge in [-0.05, 0) is 41.3 Å². The van der Waals surface area contributed by atoms with E-state index in [-0.39, 0.29) is 18.3 Å². The molecule has 138 valence electrons. The van der Waals surface area contributed by atoms with Crippen molar-refractivity contribution < 1.29 is 23.4 Å². The molecule has 2 aromatic carbocycles. The van der Waals surface area contributed by atoms with Crippen molar-refractivity contribution in [1.29, 1.82) is 0 Å². The summed E-state index contributed by atoms with van der Waals surface area (Å²) in [7, 11) is 0. The van der Waals surface area contributed by atoms with Crippen molar-refractivity contribution in [3.05, 3.63) is 53.6 Å². The van der Waals surface area contributed by atoms with Crippen LogP contribution in [0.25, 0.3) is 11.1 Å². The van der Waals surface area contributed by atoms with Gasteiger partial charge < -0.3 is 14.2 Å². The molecule has 0 aliphatic heterocycles. The smallest absolute Gasteiger partial charge is 0.141 e. The van der Waals surface area contributed by atoms with Gasteiger partial charge in [-0.2, -0.15) is 0 Å². The van der Waals surface area contributed by atoms with Crippen LogP contribution in [0.1, 0.15) is 24.0 Å². The van der Waals surface area contributed by atoms with Gasteiger partial charge in [0, 0.05) is 0 Å². The van der Waals surface area contributed by atoms with Crippen LogP contribution in [0.5, 0.6) is 5.75 Å². The van der Waals surface area contributed by atoms with Crippen LogP contribution in [0.15, 0.2) is 42.5 Å². The quantitative estimate of drug-likeness (QED) is 0.607. The summed E-state index contributed by atoms with van der Waals surface area (Å²) in [4.78, 5) is 12.2. The van der Waals surface area contributed by atoms with Crippen LogP contribution < -0.4 is 4.74 Å². The number of carbonyl (C=O) groups is 1. The van der Waals surface area contributed by atoms with Crippen molar-refractivity contribution in [1.82, 2.24) is 0 Å². The van der Waals surface area contributed by atoms with Crippen molar-refractivity contribution in [3.8, 4) is 16.9 Å². The van der Waals surface area contributed by atoms with Gasteiger partial charge in [0.15, 0.2) is 0 Å². The van der Waals surface area contributed by atoms with Crippen molar-refractivity contribution in [2.24, 2.45) is 0 Å². The van der Waals surface area contributed by atoms with Gasteiger partial charge in [0.1, 0.15) is 24.8 Å². The molecule has 0 N–H and O–H groups in total. The highest BCUT2D eigenvalue weighted by molar-refractivity contribution is 5.96. The van der Waals surface area contributed by atoms with Crippen LogP contribution in [0.4, 0.5) is 4.39 Å². The van der Waals surface area contributed by atoms with E-state index < -0.39 is 6.67 Å². The molecule has 1 atom stereocenters. The van der Waals surface area contributed by atoms with E-state index in [2.05, 4.69) is 6.07 Å². The molecule has 2 aromatic rings. The number of Topliss-reactive ketones (excluding diaryl/α,β-unsaturated/α-hetero) is 1. The predicted octanol–water partition coefficient (Wildman–Crippen LogP) is 3.77. The summed E-state index contributed by atoms with van der Waals surface area (Å²) in [6.45, 7) is 2.87. The van der Waals surface area contributed by atoms with Gasteiger partial charge in [-0.1, -0.05) is 30.3 Å². The van der Waals surface area contributed by atoms with Gasteiger partial charge in [0.25, 0.3) is 0 Å². The highest BCUT2D eigenvalue weighted by atomic mass is 19.1. The molecule has 0 amide bonds. The number of hydrogen-bond acceptors (Lipinski definition) is 4. The maximum absolute atomic E-state index is 12.2. The molecule has 1 aliphatic rings. The molecule has 5 heteroatoms. The van der Waals surface area contributed by atoms with E-state index in [4.69, 9.17) is 14.2 Å². The molecule has 0 radical (unpaired) electrons. The molecule has 1 aliphatic carbocycles. The largest absolute Gasteiger partial charge is 0.491 e. The standard InChI is InChI=1S/C21H23FO4/c1-15(23)21-19-5-3-2-4-17(19)18-7-6-16(14-20(18)21)26-13-12-25-11-10-24-9-8-22/h2-7,14,21H,8-13H2,1H3. The topological polar surface area (TPSA) is 44.8 Å². The number of benzene rings is 2. The molecule has 1 unspecified atom stereocenters. The lowest BCUT2D eigenvalue weighted by atomic mass is 9.93. The summed E-state index contributed by atoms with van der Waals surface area (Å²) in [5, 5.41) is 0. The van der Waals surface area contributed by atoms with Gasteiger partial charge in [-0.15, -0.1) is 0 Å².